The quantitative estimate of drug-likeness (QED) is 0.253. The monoisotopic (exact) mass is 389 g/mol. The zero-order chi connectivity index (χ0) is 18.7. The van der Waals surface area contributed by atoms with Gasteiger partial charge in [-0.05, 0) is 49.1 Å². The third-order valence-corrected chi connectivity index (χ3v) is 3.64. The molecule has 0 aliphatic heterocycles. The van der Waals surface area contributed by atoms with Crippen molar-refractivity contribution in [3.63, 3.8) is 0 Å². The molecule has 0 atom stereocenters. The highest BCUT2D eigenvalue weighted by molar-refractivity contribution is 6.55. The SMILES string of the molecule is CCCOCC(COc1c(C)cc(OCC=C(Cl)Cl)cc1CC)=NO. The fraction of sp³-hybridized carbons (Fsp3) is 0.500. The third kappa shape index (κ3) is 7.99. The minimum absolute atomic E-state index is 0.166. The van der Waals surface area contributed by atoms with Gasteiger partial charge in [-0.3, -0.25) is 0 Å². The number of rotatable bonds is 11. The van der Waals surface area contributed by atoms with Crippen molar-refractivity contribution in [3.8, 4) is 11.5 Å². The summed E-state index contributed by atoms with van der Waals surface area (Å²) in [6, 6.07) is 3.80. The molecule has 1 rings (SSSR count). The maximum absolute atomic E-state index is 9.07. The number of halogens is 2. The molecule has 0 fully saturated rings. The first-order chi connectivity index (χ1) is 12.0. The standard InChI is InChI=1S/C18H25Cl2NO4/c1-4-7-23-11-15(21-22)12-25-18-13(3)9-16(10-14(18)5-2)24-8-6-17(19)20/h6,9-10,22H,4-5,7-8,11-12H2,1-3H3. The highest BCUT2D eigenvalue weighted by Gasteiger charge is 2.11. The Morgan fingerprint density at radius 2 is 1.96 bits per heavy atom. The summed E-state index contributed by atoms with van der Waals surface area (Å²) in [4.78, 5) is 0. The summed E-state index contributed by atoms with van der Waals surface area (Å²) in [5.41, 5.74) is 2.38. The number of nitrogens with zero attached hydrogens (tertiary/aromatic N) is 1. The molecule has 0 aliphatic carbocycles. The lowest BCUT2D eigenvalue weighted by Crippen LogP contribution is -2.19. The largest absolute Gasteiger partial charge is 0.489 e. The molecule has 0 heterocycles. The molecule has 0 radical (unpaired) electrons. The van der Waals surface area contributed by atoms with E-state index in [1.165, 1.54) is 0 Å². The van der Waals surface area contributed by atoms with Crippen molar-refractivity contribution >= 4 is 28.9 Å². The van der Waals surface area contributed by atoms with E-state index in [2.05, 4.69) is 5.16 Å². The van der Waals surface area contributed by atoms with Crippen molar-refractivity contribution in [2.24, 2.45) is 5.16 Å². The maximum Gasteiger partial charge on any atom is 0.132 e. The van der Waals surface area contributed by atoms with Crippen LogP contribution in [0.4, 0.5) is 0 Å². The van der Waals surface area contributed by atoms with Crippen LogP contribution in [0.5, 0.6) is 11.5 Å². The van der Waals surface area contributed by atoms with E-state index >= 15 is 0 Å². The van der Waals surface area contributed by atoms with Gasteiger partial charge in [-0.2, -0.15) is 0 Å². The van der Waals surface area contributed by atoms with Crippen LogP contribution < -0.4 is 9.47 Å². The molecule has 7 heteroatoms. The second-order valence-electron chi connectivity index (χ2n) is 5.39. The van der Waals surface area contributed by atoms with Gasteiger partial charge in [0.05, 0.1) is 6.61 Å². The zero-order valence-electron chi connectivity index (χ0n) is 14.8. The Morgan fingerprint density at radius 3 is 2.56 bits per heavy atom. The molecule has 25 heavy (non-hydrogen) atoms. The molecule has 0 amide bonds. The Morgan fingerprint density at radius 1 is 1.20 bits per heavy atom. The molecule has 0 aliphatic rings. The Labute approximate surface area is 159 Å². The molecule has 0 saturated heterocycles. The Balaban J connectivity index is 2.77. The minimum Gasteiger partial charge on any atom is -0.489 e. The van der Waals surface area contributed by atoms with Crippen LogP contribution in [0, 0.1) is 6.92 Å². The van der Waals surface area contributed by atoms with Crippen LogP contribution in [0.25, 0.3) is 0 Å². The average molecular weight is 390 g/mol. The zero-order valence-corrected chi connectivity index (χ0v) is 16.4. The Hall–Kier alpha value is -1.43. The maximum atomic E-state index is 9.07. The second-order valence-corrected chi connectivity index (χ2v) is 6.40. The number of benzene rings is 1. The highest BCUT2D eigenvalue weighted by Crippen LogP contribution is 2.29. The summed E-state index contributed by atoms with van der Waals surface area (Å²) in [6.07, 6.45) is 3.26. The van der Waals surface area contributed by atoms with Gasteiger partial charge in [0.25, 0.3) is 0 Å². The van der Waals surface area contributed by atoms with Gasteiger partial charge in [0.1, 0.15) is 34.9 Å². The topological polar surface area (TPSA) is 60.3 Å². The van der Waals surface area contributed by atoms with Crippen LogP contribution in [0.2, 0.25) is 0 Å². The predicted molar refractivity (Wildman–Crippen MR) is 102 cm³/mol. The molecule has 0 spiro atoms. The third-order valence-electron chi connectivity index (χ3n) is 3.34. The van der Waals surface area contributed by atoms with E-state index in [0.717, 1.165) is 35.5 Å². The van der Waals surface area contributed by atoms with Crippen molar-refractivity contribution in [2.45, 2.75) is 33.6 Å². The van der Waals surface area contributed by atoms with E-state index in [-0.39, 0.29) is 17.7 Å². The summed E-state index contributed by atoms with van der Waals surface area (Å²) in [6.45, 7) is 7.31. The molecular formula is C18H25Cl2NO4. The van der Waals surface area contributed by atoms with Gasteiger partial charge in [-0.1, -0.05) is 42.2 Å². The smallest absolute Gasteiger partial charge is 0.132 e. The molecular weight excluding hydrogens is 365 g/mol. The van der Waals surface area contributed by atoms with E-state index in [1.807, 2.05) is 32.9 Å². The van der Waals surface area contributed by atoms with Gasteiger partial charge in [0, 0.05) is 6.61 Å². The van der Waals surface area contributed by atoms with Crippen molar-refractivity contribution in [1.29, 1.82) is 0 Å². The van der Waals surface area contributed by atoms with Crippen LogP contribution in [0.3, 0.4) is 0 Å². The normalized spacial score (nSPS) is 11.3. The van der Waals surface area contributed by atoms with Crippen LogP contribution in [-0.2, 0) is 11.2 Å². The molecule has 1 aromatic carbocycles. The number of hydrogen-bond acceptors (Lipinski definition) is 5. The first-order valence-corrected chi connectivity index (χ1v) is 8.95. The van der Waals surface area contributed by atoms with E-state index in [9.17, 15) is 0 Å². The summed E-state index contributed by atoms with van der Waals surface area (Å²) < 4.78 is 17.0. The van der Waals surface area contributed by atoms with Crippen molar-refractivity contribution in [2.75, 3.05) is 26.4 Å². The van der Waals surface area contributed by atoms with E-state index < -0.39 is 0 Å². The molecule has 5 nitrogen and oxygen atoms in total. The predicted octanol–water partition coefficient (Wildman–Crippen LogP) is 4.89. The van der Waals surface area contributed by atoms with Gasteiger partial charge in [0.2, 0.25) is 0 Å². The lowest BCUT2D eigenvalue weighted by molar-refractivity contribution is 0.164. The van der Waals surface area contributed by atoms with Crippen LogP contribution in [0.1, 0.15) is 31.4 Å². The van der Waals surface area contributed by atoms with Crippen molar-refractivity contribution in [1.82, 2.24) is 0 Å². The molecule has 0 bridgehead atoms. The van der Waals surface area contributed by atoms with Crippen LogP contribution >= 0.6 is 23.2 Å². The number of oxime groups is 1. The fourth-order valence-electron chi connectivity index (χ4n) is 2.15. The molecule has 140 valence electrons. The van der Waals surface area contributed by atoms with Gasteiger partial charge in [-0.25, -0.2) is 0 Å². The average Bonchev–Trinajstić information content (AvgIpc) is 2.58. The number of ether oxygens (including phenoxy) is 3. The van der Waals surface area contributed by atoms with Crippen molar-refractivity contribution in [3.05, 3.63) is 33.8 Å². The summed E-state index contributed by atoms with van der Waals surface area (Å²) in [7, 11) is 0. The van der Waals surface area contributed by atoms with Gasteiger partial charge in [0.15, 0.2) is 0 Å². The number of aryl methyl sites for hydroxylation is 2. The summed E-state index contributed by atoms with van der Waals surface area (Å²) >= 11 is 11.1. The molecule has 0 aromatic heterocycles. The first-order valence-electron chi connectivity index (χ1n) is 8.19. The van der Waals surface area contributed by atoms with Crippen LogP contribution in [0.15, 0.2) is 27.9 Å². The fourth-order valence-corrected chi connectivity index (χ4v) is 2.28. The molecule has 0 saturated carbocycles. The minimum atomic E-state index is 0.166. The summed E-state index contributed by atoms with van der Waals surface area (Å²) in [5, 5.41) is 12.3. The molecule has 1 aromatic rings. The number of hydrogen-bond donors (Lipinski definition) is 1. The van der Waals surface area contributed by atoms with E-state index in [0.29, 0.717) is 18.9 Å². The molecule has 1 N–H and O–H groups in total. The Kier molecular flexibility index (Phi) is 10.4. The summed E-state index contributed by atoms with van der Waals surface area (Å²) in [5.74, 6) is 1.48. The van der Waals surface area contributed by atoms with E-state index in [1.54, 1.807) is 6.08 Å². The van der Waals surface area contributed by atoms with Crippen molar-refractivity contribution < 1.29 is 19.4 Å². The van der Waals surface area contributed by atoms with Gasteiger partial charge in [-0.15, -0.1) is 0 Å². The van der Waals surface area contributed by atoms with Gasteiger partial charge < -0.3 is 19.4 Å². The Bertz CT molecular complexity index is 599. The van der Waals surface area contributed by atoms with Gasteiger partial charge >= 0.3 is 0 Å². The van der Waals surface area contributed by atoms with Crippen LogP contribution in [-0.4, -0.2) is 37.3 Å². The molecule has 0 unspecified atom stereocenters. The first kappa shape index (κ1) is 21.6. The van der Waals surface area contributed by atoms with E-state index in [4.69, 9.17) is 42.6 Å². The lowest BCUT2D eigenvalue weighted by atomic mass is 10.1. The second kappa shape index (κ2) is 12.0. The lowest BCUT2D eigenvalue weighted by Gasteiger charge is -2.16. The highest BCUT2D eigenvalue weighted by atomic mass is 35.5.